The fourth-order valence-corrected chi connectivity index (χ4v) is 4.45. The summed E-state index contributed by atoms with van der Waals surface area (Å²) in [6.45, 7) is 5.64. The maximum absolute atomic E-state index is 11.9. The van der Waals surface area contributed by atoms with Gasteiger partial charge in [-0.15, -0.1) is 0 Å². The Balaban J connectivity index is 1.35. The van der Waals surface area contributed by atoms with Crippen LogP contribution in [0.25, 0.3) is 22.3 Å². The smallest absolute Gasteiger partial charge is 0.228 e. The largest absolute Gasteiger partial charge is 0.378 e. The first kappa shape index (κ1) is 22.6. The third-order valence-electron chi connectivity index (χ3n) is 6.72. The van der Waals surface area contributed by atoms with Crippen LogP contribution in [0.1, 0.15) is 36.7 Å². The van der Waals surface area contributed by atoms with Crippen molar-refractivity contribution in [2.24, 2.45) is 5.92 Å². The first-order valence-electron chi connectivity index (χ1n) is 12.6. The summed E-state index contributed by atoms with van der Waals surface area (Å²) < 4.78 is 7.79. The van der Waals surface area contributed by atoms with Gasteiger partial charge in [0, 0.05) is 37.7 Å². The summed E-state index contributed by atoms with van der Waals surface area (Å²) in [5.41, 5.74) is 5.20. The Hall–Kier alpha value is -3.85. The Morgan fingerprint density at radius 1 is 1.08 bits per heavy atom. The number of aromatic nitrogens is 5. The first-order valence-corrected chi connectivity index (χ1v) is 12.6. The molecule has 36 heavy (non-hydrogen) atoms. The molecule has 2 fully saturated rings. The molecule has 4 heterocycles. The summed E-state index contributed by atoms with van der Waals surface area (Å²) >= 11 is 0. The van der Waals surface area contributed by atoms with Gasteiger partial charge in [-0.1, -0.05) is 13.0 Å². The summed E-state index contributed by atoms with van der Waals surface area (Å²) in [5.74, 6) is 2.12. The molecular weight excluding hydrogens is 454 g/mol. The van der Waals surface area contributed by atoms with E-state index >= 15 is 0 Å². The minimum atomic E-state index is 0.0248. The predicted octanol–water partition coefficient (Wildman–Crippen LogP) is 4.47. The molecule has 9 heteroatoms. The van der Waals surface area contributed by atoms with Gasteiger partial charge in [0.15, 0.2) is 5.78 Å². The number of Topliss-reactive ketones (excluding diaryl/α,β-unsaturated/α-hetero) is 1. The van der Waals surface area contributed by atoms with Crippen LogP contribution < -0.4 is 10.2 Å². The molecule has 1 saturated carbocycles. The standard InChI is InChI=1S/C27H29N7O2/c1-2-25(35)22-8-6-20(15-28-22)30-26-14-23(31-27(32-26)33-9-11-36-12-10-33)19-5-7-21-24(13-19)34(17-29-21)16-18-3-4-18/h5-8,13-15,17-18H,2-4,9-12,16H2,1H3,(H,30,31,32). The van der Waals surface area contributed by atoms with Gasteiger partial charge in [-0.25, -0.2) is 9.97 Å². The van der Waals surface area contributed by atoms with E-state index in [4.69, 9.17) is 14.7 Å². The van der Waals surface area contributed by atoms with E-state index in [1.807, 2.05) is 25.4 Å². The molecule has 3 aromatic heterocycles. The summed E-state index contributed by atoms with van der Waals surface area (Å²) in [6, 6.07) is 11.9. The molecule has 0 radical (unpaired) electrons. The van der Waals surface area contributed by atoms with Crippen molar-refractivity contribution in [1.29, 1.82) is 0 Å². The van der Waals surface area contributed by atoms with Crippen molar-refractivity contribution in [3.05, 3.63) is 54.6 Å². The van der Waals surface area contributed by atoms with E-state index in [2.05, 4.69) is 43.0 Å². The van der Waals surface area contributed by atoms with Crippen LogP contribution in [0.2, 0.25) is 0 Å². The Morgan fingerprint density at radius 2 is 1.94 bits per heavy atom. The molecule has 1 aromatic carbocycles. The highest BCUT2D eigenvalue weighted by molar-refractivity contribution is 5.94. The minimum absolute atomic E-state index is 0.0248. The Morgan fingerprint density at radius 3 is 2.69 bits per heavy atom. The van der Waals surface area contributed by atoms with Gasteiger partial charge in [0.05, 0.1) is 48.2 Å². The Bertz CT molecular complexity index is 1390. The number of fused-ring (bicyclic) bond motifs is 1. The lowest BCUT2D eigenvalue weighted by atomic mass is 10.1. The number of rotatable bonds is 8. The van der Waals surface area contributed by atoms with Crippen LogP contribution in [0.5, 0.6) is 0 Å². The van der Waals surface area contributed by atoms with Crippen molar-refractivity contribution in [3.63, 3.8) is 0 Å². The monoisotopic (exact) mass is 483 g/mol. The number of benzene rings is 1. The van der Waals surface area contributed by atoms with E-state index in [0.29, 0.717) is 37.1 Å². The van der Waals surface area contributed by atoms with Crippen molar-refractivity contribution in [2.75, 3.05) is 36.5 Å². The zero-order valence-corrected chi connectivity index (χ0v) is 20.4. The number of anilines is 3. The fraction of sp³-hybridized carbons (Fsp3) is 0.370. The lowest BCUT2D eigenvalue weighted by molar-refractivity contribution is 0.0983. The third kappa shape index (κ3) is 4.79. The van der Waals surface area contributed by atoms with Gasteiger partial charge in [-0.05, 0) is 43.0 Å². The number of pyridine rings is 1. The highest BCUT2D eigenvalue weighted by Gasteiger charge is 2.23. The molecule has 4 aromatic rings. The zero-order chi connectivity index (χ0) is 24.5. The lowest BCUT2D eigenvalue weighted by Crippen LogP contribution is -2.37. The summed E-state index contributed by atoms with van der Waals surface area (Å²) in [7, 11) is 0. The zero-order valence-electron chi connectivity index (χ0n) is 20.4. The molecule has 0 amide bonds. The Kier molecular flexibility index (Phi) is 6.06. The quantitative estimate of drug-likeness (QED) is 0.367. The molecule has 0 atom stereocenters. The fourth-order valence-electron chi connectivity index (χ4n) is 4.45. The van der Waals surface area contributed by atoms with E-state index in [1.165, 1.54) is 12.8 Å². The minimum Gasteiger partial charge on any atom is -0.378 e. The van der Waals surface area contributed by atoms with E-state index in [9.17, 15) is 4.79 Å². The molecule has 184 valence electrons. The average molecular weight is 484 g/mol. The van der Waals surface area contributed by atoms with E-state index in [-0.39, 0.29) is 5.78 Å². The SMILES string of the molecule is CCC(=O)c1ccc(Nc2cc(-c3ccc4ncn(CC5CC5)c4c3)nc(N3CCOCC3)n2)cn1. The molecule has 9 nitrogen and oxygen atoms in total. The molecule has 2 aliphatic rings. The molecule has 1 N–H and O–H groups in total. The topological polar surface area (TPSA) is 98.1 Å². The third-order valence-corrected chi connectivity index (χ3v) is 6.72. The van der Waals surface area contributed by atoms with Crippen LogP contribution in [0.3, 0.4) is 0 Å². The molecule has 1 saturated heterocycles. The Labute approximate surface area is 209 Å². The van der Waals surface area contributed by atoms with Gasteiger partial charge < -0.3 is 19.5 Å². The highest BCUT2D eigenvalue weighted by atomic mass is 16.5. The van der Waals surface area contributed by atoms with Gasteiger partial charge in [0.1, 0.15) is 11.5 Å². The molecular formula is C27H29N7O2. The number of morpholine rings is 1. The number of nitrogens with one attached hydrogen (secondary N) is 1. The normalized spacial score (nSPS) is 15.9. The van der Waals surface area contributed by atoms with E-state index in [1.54, 1.807) is 12.3 Å². The molecule has 0 unspecified atom stereocenters. The second-order valence-corrected chi connectivity index (χ2v) is 9.42. The summed E-state index contributed by atoms with van der Waals surface area (Å²) in [6.07, 6.45) is 6.64. The van der Waals surface area contributed by atoms with Crippen LogP contribution >= 0.6 is 0 Å². The molecule has 0 spiro atoms. The first-order chi connectivity index (χ1) is 17.7. The average Bonchev–Trinajstić information content (AvgIpc) is 3.67. The van der Waals surface area contributed by atoms with Gasteiger partial charge >= 0.3 is 0 Å². The molecule has 6 rings (SSSR count). The number of ketones is 1. The van der Waals surface area contributed by atoms with Gasteiger partial charge in [0.25, 0.3) is 0 Å². The second kappa shape index (κ2) is 9.66. The maximum Gasteiger partial charge on any atom is 0.228 e. The van der Waals surface area contributed by atoms with Crippen molar-refractivity contribution in [1.82, 2.24) is 24.5 Å². The molecule has 1 aliphatic heterocycles. The highest BCUT2D eigenvalue weighted by Crippen LogP contribution is 2.33. The van der Waals surface area contributed by atoms with E-state index < -0.39 is 0 Å². The van der Waals surface area contributed by atoms with Crippen LogP contribution in [-0.2, 0) is 11.3 Å². The number of ether oxygens (including phenoxy) is 1. The van der Waals surface area contributed by atoms with Gasteiger partial charge in [-0.3, -0.25) is 9.78 Å². The lowest BCUT2D eigenvalue weighted by Gasteiger charge is -2.27. The number of imidazole rings is 1. The molecule has 0 bridgehead atoms. The predicted molar refractivity (Wildman–Crippen MR) is 139 cm³/mol. The number of carbonyl (C=O) groups is 1. The van der Waals surface area contributed by atoms with Gasteiger partial charge in [0.2, 0.25) is 5.95 Å². The number of hydrogen-bond acceptors (Lipinski definition) is 8. The van der Waals surface area contributed by atoms with Crippen LogP contribution in [0.15, 0.2) is 48.9 Å². The van der Waals surface area contributed by atoms with Crippen molar-refractivity contribution >= 4 is 34.3 Å². The van der Waals surface area contributed by atoms with E-state index in [0.717, 1.165) is 53.5 Å². The van der Waals surface area contributed by atoms with Crippen LogP contribution in [0, 0.1) is 5.92 Å². The van der Waals surface area contributed by atoms with Crippen molar-refractivity contribution in [3.8, 4) is 11.3 Å². The number of nitrogens with zero attached hydrogens (tertiary/aromatic N) is 6. The van der Waals surface area contributed by atoms with Crippen molar-refractivity contribution < 1.29 is 9.53 Å². The second-order valence-electron chi connectivity index (χ2n) is 9.42. The van der Waals surface area contributed by atoms with Gasteiger partial charge in [-0.2, -0.15) is 4.98 Å². The van der Waals surface area contributed by atoms with Crippen LogP contribution in [0.4, 0.5) is 17.5 Å². The molecule has 1 aliphatic carbocycles. The van der Waals surface area contributed by atoms with Crippen molar-refractivity contribution in [2.45, 2.75) is 32.7 Å². The number of carbonyl (C=O) groups excluding carboxylic acids is 1. The van der Waals surface area contributed by atoms with Crippen LogP contribution in [-0.4, -0.2) is 56.6 Å². The summed E-state index contributed by atoms with van der Waals surface area (Å²) in [4.78, 5) is 32.7. The summed E-state index contributed by atoms with van der Waals surface area (Å²) in [5, 5.41) is 3.36. The maximum atomic E-state index is 11.9. The number of hydrogen-bond donors (Lipinski definition) is 1.